The van der Waals surface area contributed by atoms with Crippen LogP contribution in [-0.2, 0) is 44.9 Å². The monoisotopic (exact) mass is 879 g/mol. The van der Waals surface area contributed by atoms with E-state index in [2.05, 4.69) is 15.6 Å². The summed E-state index contributed by atoms with van der Waals surface area (Å²) in [6, 6.07) is 36.5. The highest BCUT2D eigenvalue weighted by Crippen LogP contribution is 2.20. The first kappa shape index (κ1) is 48.3. The molecule has 2 atom stereocenters. The molecule has 1 heterocycles. The number of pyridine rings is 1. The number of alkyl carbamates (subject to hydrolysis) is 2. The number of nitrogens with one attached hydrogen (secondary N) is 2. The van der Waals surface area contributed by atoms with E-state index in [-0.39, 0.29) is 39.6 Å². The molecule has 1 aromatic heterocycles. The molecule has 5 rings (SSSR count). The van der Waals surface area contributed by atoms with Crippen LogP contribution in [0.3, 0.4) is 0 Å². The van der Waals surface area contributed by atoms with Crippen molar-refractivity contribution in [3.05, 3.63) is 138 Å². The maximum atomic E-state index is 12.4. The minimum Gasteiger partial charge on any atom is -0.497 e. The molecule has 0 saturated heterocycles. The van der Waals surface area contributed by atoms with E-state index in [0.717, 1.165) is 45.1 Å². The molecule has 0 radical (unpaired) electrons. The minimum absolute atomic E-state index is 0.0479. The van der Waals surface area contributed by atoms with Gasteiger partial charge in [-0.2, -0.15) is 4.98 Å². The number of anilines is 2. The fraction of sp³-hybridized carbons (Fsp3) is 0.367. The van der Waals surface area contributed by atoms with Crippen molar-refractivity contribution in [1.29, 1.82) is 0 Å². The van der Waals surface area contributed by atoms with Gasteiger partial charge in [0.2, 0.25) is 11.8 Å². The van der Waals surface area contributed by atoms with Crippen molar-refractivity contribution in [3.8, 4) is 23.3 Å². The molecule has 2 unspecified atom stereocenters. The van der Waals surface area contributed by atoms with Crippen LogP contribution >= 0.6 is 0 Å². The van der Waals surface area contributed by atoms with Crippen LogP contribution in [0.4, 0.5) is 21.0 Å². The van der Waals surface area contributed by atoms with Gasteiger partial charge in [-0.1, -0.05) is 54.6 Å². The Hall–Kier alpha value is -6.71. The van der Waals surface area contributed by atoms with Gasteiger partial charge in [0, 0.05) is 77.6 Å². The normalized spacial score (nSPS) is 11.7. The second kappa shape index (κ2) is 26.0. The van der Waals surface area contributed by atoms with Gasteiger partial charge in [0.1, 0.15) is 37.9 Å². The average molecular weight is 880 g/mol. The molecule has 4 aromatic carbocycles. The zero-order valence-corrected chi connectivity index (χ0v) is 37.6. The molecule has 5 aromatic rings. The lowest BCUT2D eigenvalue weighted by Crippen LogP contribution is -2.29. The standard InChI is InChI=1S/C49H61N5O10/c1-53(2)40-20-16-36(17-21-40)32-50-48(55)61-26-24-59-44(30-38-10-7-12-42(28-38)57-5)34-63-46-14-9-15-47(52-46)64-35-45(31-39-11-8-13-43(29-39)58-6)60-25-27-62-49(56)51-33-37-18-22-41(23-19-37)54(3)4/h7-23,28-29,44-45H,24-27,30-35H2,1-6H3,(H,50,55)(H,51,56). The molecule has 342 valence electrons. The van der Waals surface area contributed by atoms with Crippen LogP contribution < -0.4 is 39.4 Å². The number of hydrogen-bond acceptors (Lipinski definition) is 13. The molecular formula is C49H61N5O10. The molecule has 2 N–H and O–H groups in total. The lowest BCUT2D eigenvalue weighted by atomic mass is 10.1. The number of benzene rings is 4. The summed E-state index contributed by atoms with van der Waals surface area (Å²) < 4.78 is 46.3. The summed E-state index contributed by atoms with van der Waals surface area (Å²) in [6.45, 7) is 1.38. The molecule has 0 spiro atoms. The molecule has 0 bridgehead atoms. The quantitative estimate of drug-likeness (QED) is 0.0545. The van der Waals surface area contributed by atoms with Gasteiger partial charge in [-0.05, 0) is 70.8 Å². The third kappa shape index (κ3) is 17.2. The molecule has 15 nitrogen and oxygen atoms in total. The third-order valence-corrected chi connectivity index (χ3v) is 9.85. The van der Waals surface area contributed by atoms with Gasteiger partial charge >= 0.3 is 12.2 Å². The Morgan fingerprint density at radius 1 is 0.531 bits per heavy atom. The molecule has 0 saturated carbocycles. The fourth-order valence-electron chi connectivity index (χ4n) is 6.34. The highest BCUT2D eigenvalue weighted by atomic mass is 16.6. The van der Waals surface area contributed by atoms with Gasteiger partial charge in [-0.3, -0.25) is 0 Å². The second-order valence-electron chi connectivity index (χ2n) is 15.1. The van der Waals surface area contributed by atoms with E-state index in [1.54, 1.807) is 32.4 Å². The maximum absolute atomic E-state index is 12.4. The van der Waals surface area contributed by atoms with Crippen LogP contribution in [0.5, 0.6) is 23.3 Å². The predicted octanol–water partition coefficient (Wildman–Crippen LogP) is 7.10. The lowest BCUT2D eigenvalue weighted by Gasteiger charge is -2.20. The van der Waals surface area contributed by atoms with E-state index in [9.17, 15) is 9.59 Å². The number of nitrogens with zero attached hydrogens (tertiary/aromatic N) is 3. The van der Waals surface area contributed by atoms with Crippen molar-refractivity contribution in [3.63, 3.8) is 0 Å². The third-order valence-electron chi connectivity index (χ3n) is 9.85. The minimum atomic E-state index is -0.535. The van der Waals surface area contributed by atoms with Gasteiger partial charge in [0.05, 0.1) is 39.6 Å². The Kier molecular flexibility index (Phi) is 19.7. The summed E-state index contributed by atoms with van der Waals surface area (Å²) in [7, 11) is 11.1. The number of carbonyl (C=O) groups excluding carboxylic acids is 2. The molecular weight excluding hydrogens is 819 g/mol. The summed E-state index contributed by atoms with van der Waals surface area (Å²) >= 11 is 0. The van der Waals surface area contributed by atoms with E-state index in [4.69, 9.17) is 37.9 Å². The molecule has 2 amide bonds. The van der Waals surface area contributed by atoms with Crippen LogP contribution in [0.1, 0.15) is 22.3 Å². The van der Waals surface area contributed by atoms with Gasteiger partial charge in [-0.25, -0.2) is 9.59 Å². The van der Waals surface area contributed by atoms with Crippen LogP contribution in [0, 0.1) is 0 Å². The predicted molar refractivity (Wildman–Crippen MR) is 246 cm³/mol. The number of ether oxygens (including phenoxy) is 8. The smallest absolute Gasteiger partial charge is 0.407 e. The van der Waals surface area contributed by atoms with E-state index in [0.29, 0.717) is 37.7 Å². The van der Waals surface area contributed by atoms with E-state index >= 15 is 0 Å². The molecule has 0 aliphatic heterocycles. The summed E-state index contributed by atoms with van der Waals surface area (Å²) in [6.07, 6.45) is -0.899. The number of aromatic nitrogens is 1. The first-order valence-electron chi connectivity index (χ1n) is 21.1. The highest BCUT2D eigenvalue weighted by Gasteiger charge is 2.17. The summed E-state index contributed by atoms with van der Waals surface area (Å²) in [5.74, 6) is 2.13. The van der Waals surface area contributed by atoms with Gasteiger partial charge in [0.25, 0.3) is 0 Å². The number of amides is 2. The Morgan fingerprint density at radius 2 is 0.938 bits per heavy atom. The maximum Gasteiger partial charge on any atom is 0.407 e. The molecule has 0 aliphatic carbocycles. The fourth-order valence-corrected chi connectivity index (χ4v) is 6.34. The lowest BCUT2D eigenvalue weighted by molar-refractivity contribution is -0.00388. The number of carbonyl (C=O) groups is 2. The first-order valence-corrected chi connectivity index (χ1v) is 21.1. The molecule has 64 heavy (non-hydrogen) atoms. The Balaban J connectivity index is 1.11. The summed E-state index contributed by atoms with van der Waals surface area (Å²) in [4.78, 5) is 33.5. The van der Waals surface area contributed by atoms with E-state index in [1.165, 1.54) is 0 Å². The van der Waals surface area contributed by atoms with Crippen LogP contribution in [0.2, 0.25) is 0 Å². The number of hydrogen-bond donors (Lipinski definition) is 2. The number of rotatable bonds is 26. The Labute approximate surface area is 376 Å². The van der Waals surface area contributed by atoms with Crippen molar-refractivity contribution in [2.45, 2.75) is 38.1 Å². The van der Waals surface area contributed by atoms with Crippen LogP contribution in [0.25, 0.3) is 0 Å². The molecule has 0 aliphatic rings. The van der Waals surface area contributed by atoms with Crippen LogP contribution in [-0.4, -0.2) is 111 Å². The van der Waals surface area contributed by atoms with Crippen molar-refractivity contribution in [2.75, 3.05) is 91.9 Å². The van der Waals surface area contributed by atoms with Crippen LogP contribution in [0.15, 0.2) is 115 Å². The largest absolute Gasteiger partial charge is 0.497 e. The number of methoxy groups -OCH3 is 2. The summed E-state index contributed by atoms with van der Waals surface area (Å²) in [5.41, 5.74) is 6.03. The molecule has 15 heteroatoms. The van der Waals surface area contributed by atoms with Gasteiger partial charge in [-0.15, -0.1) is 0 Å². The second-order valence-corrected chi connectivity index (χ2v) is 15.1. The van der Waals surface area contributed by atoms with E-state index < -0.39 is 24.4 Å². The van der Waals surface area contributed by atoms with Crippen molar-refractivity contribution >= 4 is 23.6 Å². The Bertz CT molecular complexity index is 2010. The van der Waals surface area contributed by atoms with Crippen molar-refractivity contribution < 1.29 is 47.5 Å². The summed E-state index contributed by atoms with van der Waals surface area (Å²) in [5, 5.41) is 5.56. The van der Waals surface area contributed by atoms with E-state index in [1.807, 2.05) is 135 Å². The Morgan fingerprint density at radius 3 is 1.33 bits per heavy atom. The highest BCUT2D eigenvalue weighted by molar-refractivity contribution is 5.67. The zero-order valence-electron chi connectivity index (χ0n) is 37.6. The van der Waals surface area contributed by atoms with Crippen molar-refractivity contribution in [2.24, 2.45) is 0 Å². The zero-order chi connectivity index (χ0) is 45.5. The topological polar surface area (TPSA) is 151 Å². The molecule has 0 fully saturated rings. The van der Waals surface area contributed by atoms with Crippen molar-refractivity contribution in [1.82, 2.24) is 15.6 Å². The SMILES string of the molecule is COc1cccc(CC(COc2cccc(OCC(Cc3cccc(OC)c3)OCCOC(=O)NCc3ccc(N(C)C)cc3)n2)OCCOC(=O)NCc2ccc(N(C)C)cc2)c1. The first-order chi connectivity index (χ1) is 31.1. The average Bonchev–Trinajstić information content (AvgIpc) is 3.31. The van der Waals surface area contributed by atoms with Gasteiger partial charge < -0.3 is 58.3 Å². The van der Waals surface area contributed by atoms with Gasteiger partial charge in [0.15, 0.2) is 0 Å².